The summed E-state index contributed by atoms with van der Waals surface area (Å²) in [6.45, 7) is 6.24. The number of aryl methyl sites for hydroxylation is 2. The molecule has 2 heterocycles. The highest BCUT2D eigenvalue weighted by atomic mass is 16.2. The van der Waals surface area contributed by atoms with Crippen molar-refractivity contribution < 1.29 is 4.79 Å². The van der Waals surface area contributed by atoms with E-state index in [1.54, 1.807) is 4.90 Å². The van der Waals surface area contributed by atoms with Crippen LogP contribution in [-0.2, 0) is 4.79 Å². The standard InChI is InChI=1S/C25H28N4O/c1-19-9-10-24(15-20(19)2)27(3)25(30)18-28-13-11-21(12-14-28)22-16-26-29(17-22)23-7-5-4-6-8-23/h4-11,15-17H,12-14,18H2,1-3H3. The molecule has 5 nitrogen and oxygen atoms in total. The predicted molar refractivity (Wildman–Crippen MR) is 122 cm³/mol. The van der Waals surface area contributed by atoms with Crippen molar-refractivity contribution in [2.45, 2.75) is 20.3 Å². The second-order valence-electron chi connectivity index (χ2n) is 7.94. The second kappa shape index (κ2) is 8.67. The summed E-state index contributed by atoms with van der Waals surface area (Å²) in [6, 6.07) is 16.3. The van der Waals surface area contributed by atoms with E-state index in [2.05, 4.69) is 48.3 Å². The molecule has 0 saturated carbocycles. The number of hydrogen-bond acceptors (Lipinski definition) is 3. The Hall–Kier alpha value is -3.18. The molecule has 0 saturated heterocycles. The van der Waals surface area contributed by atoms with Gasteiger partial charge in [-0.2, -0.15) is 5.10 Å². The van der Waals surface area contributed by atoms with Crippen molar-refractivity contribution in [2.75, 3.05) is 31.6 Å². The average molecular weight is 401 g/mol. The Bertz CT molecular complexity index is 1070. The lowest BCUT2D eigenvalue weighted by Gasteiger charge is -2.28. The fourth-order valence-electron chi connectivity index (χ4n) is 3.70. The summed E-state index contributed by atoms with van der Waals surface area (Å²) < 4.78 is 1.91. The van der Waals surface area contributed by atoms with E-state index in [4.69, 9.17) is 0 Å². The summed E-state index contributed by atoms with van der Waals surface area (Å²) in [5.41, 5.74) is 6.89. The van der Waals surface area contributed by atoms with Gasteiger partial charge in [0.25, 0.3) is 0 Å². The first-order chi connectivity index (χ1) is 14.5. The van der Waals surface area contributed by atoms with Crippen LogP contribution in [0.5, 0.6) is 0 Å². The molecule has 3 aromatic rings. The molecule has 0 atom stereocenters. The average Bonchev–Trinajstić information content (AvgIpc) is 3.26. The summed E-state index contributed by atoms with van der Waals surface area (Å²) in [5, 5.41) is 4.50. The first kappa shape index (κ1) is 20.1. The molecule has 1 aliphatic heterocycles. The number of carbonyl (C=O) groups is 1. The lowest BCUT2D eigenvalue weighted by Crippen LogP contribution is -2.40. The summed E-state index contributed by atoms with van der Waals surface area (Å²) in [5.74, 6) is 0.118. The van der Waals surface area contributed by atoms with Crippen molar-refractivity contribution in [3.8, 4) is 5.69 Å². The SMILES string of the molecule is Cc1ccc(N(C)C(=O)CN2CC=C(c3cnn(-c4ccccc4)c3)CC2)cc1C. The number of aromatic nitrogens is 2. The maximum Gasteiger partial charge on any atom is 0.240 e. The molecule has 0 bridgehead atoms. The quantitative estimate of drug-likeness (QED) is 0.643. The second-order valence-corrected chi connectivity index (χ2v) is 7.94. The largest absolute Gasteiger partial charge is 0.314 e. The Kier molecular flexibility index (Phi) is 5.81. The highest BCUT2D eigenvalue weighted by Gasteiger charge is 2.19. The molecular weight excluding hydrogens is 372 g/mol. The van der Waals surface area contributed by atoms with Crippen LogP contribution < -0.4 is 4.90 Å². The van der Waals surface area contributed by atoms with Gasteiger partial charge in [0.1, 0.15) is 0 Å². The van der Waals surface area contributed by atoms with Gasteiger partial charge in [-0.25, -0.2) is 4.68 Å². The lowest BCUT2D eigenvalue weighted by atomic mass is 10.0. The van der Waals surface area contributed by atoms with Gasteiger partial charge in [-0.15, -0.1) is 0 Å². The third-order valence-electron chi connectivity index (χ3n) is 5.88. The fourth-order valence-corrected chi connectivity index (χ4v) is 3.70. The normalized spacial score (nSPS) is 14.4. The first-order valence-corrected chi connectivity index (χ1v) is 10.4. The summed E-state index contributed by atoms with van der Waals surface area (Å²) in [7, 11) is 1.86. The van der Waals surface area contributed by atoms with Crippen LogP contribution in [0, 0.1) is 13.8 Å². The van der Waals surface area contributed by atoms with E-state index in [1.165, 1.54) is 16.7 Å². The number of likely N-dealkylation sites (N-methyl/N-ethyl adjacent to an activating group) is 1. The number of hydrogen-bond donors (Lipinski definition) is 0. The number of anilines is 1. The van der Waals surface area contributed by atoms with Crippen LogP contribution in [0.2, 0.25) is 0 Å². The van der Waals surface area contributed by atoms with Crippen LogP contribution in [0.1, 0.15) is 23.1 Å². The molecule has 0 spiro atoms. The van der Waals surface area contributed by atoms with Crippen LogP contribution in [0.3, 0.4) is 0 Å². The Morgan fingerprint density at radius 2 is 1.90 bits per heavy atom. The van der Waals surface area contributed by atoms with Gasteiger partial charge in [0.05, 0.1) is 18.4 Å². The van der Waals surface area contributed by atoms with E-state index < -0.39 is 0 Å². The van der Waals surface area contributed by atoms with E-state index in [9.17, 15) is 4.79 Å². The van der Waals surface area contributed by atoms with Crippen molar-refractivity contribution >= 4 is 17.2 Å². The smallest absolute Gasteiger partial charge is 0.240 e. The van der Waals surface area contributed by atoms with Crippen molar-refractivity contribution in [3.05, 3.63) is 83.7 Å². The van der Waals surface area contributed by atoms with Crippen LogP contribution in [0.15, 0.2) is 67.0 Å². The highest BCUT2D eigenvalue weighted by molar-refractivity contribution is 5.94. The molecule has 1 amide bonds. The molecule has 5 heteroatoms. The molecule has 1 aliphatic rings. The molecule has 0 unspecified atom stereocenters. The molecule has 4 rings (SSSR count). The molecular formula is C25H28N4O. The van der Waals surface area contributed by atoms with Gasteiger partial charge < -0.3 is 4.90 Å². The topological polar surface area (TPSA) is 41.4 Å². The minimum Gasteiger partial charge on any atom is -0.314 e. The Morgan fingerprint density at radius 3 is 2.60 bits per heavy atom. The van der Waals surface area contributed by atoms with Crippen molar-refractivity contribution in [3.63, 3.8) is 0 Å². The van der Waals surface area contributed by atoms with Gasteiger partial charge in [-0.05, 0) is 61.2 Å². The maximum absolute atomic E-state index is 12.8. The maximum atomic E-state index is 12.8. The van der Waals surface area contributed by atoms with Crippen LogP contribution in [-0.4, -0.2) is 47.3 Å². The molecule has 0 fully saturated rings. The molecule has 154 valence electrons. The number of carbonyl (C=O) groups excluding carboxylic acids is 1. The molecule has 0 aliphatic carbocycles. The molecule has 0 radical (unpaired) electrons. The van der Waals surface area contributed by atoms with Gasteiger partial charge in [-0.1, -0.05) is 30.3 Å². The summed E-state index contributed by atoms with van der Waals surface area (Å²) >= 11 is 0. The van der Waals surface area contributed by atoms with Crippen molar-refractivity contribution in [1.29, 1.82) is 0 Å². The number of para-hydroxylation sites is 1. The molecule has 0 N–H and O–H groups in total. The molecule has 30 heavy (non-hydrogen) atoms. The summed E-state index contributed by atoms with van der Waals surface area (Å²) in [4.78, 5) is 16.7. The van der Waals surface area contributed by atoms with E-state index in [0.29, 0.717) is 6.54 Å². The van der Waals surface area contributed by atoms with E-state index >= 15 is 0 Å². The number of rotatable bonds is 5. The van der Waals surface area contributed by atoms with Crippen molar-refractivity contribution in [1.82, 2.24) is 14.7 Å². The fraction of sp³-hybridized carbons (Fsp3) is 0.280. The zero-order valence-corrected chi connectivity index (χ0v) is 17.9. The summed E-state index contributed by atoms with van der Waals surface area (Å²) in [6.07, 6.45) is 7.14. The Labute approximate surface area is 178 Å². The van der Waals surface area contributed by atoms with Gasteiger partial charge in [-0.3, -0.25) is 9.69 Å². The zero-order chi connectivity index (χ0) is 21.1. The van der Waals surface area contributed by atoms with Crippen LogP contribution >= 0.6 is 0 Å². The third-order valence-corrected chi connectivity index (χ3v) is 5.88. The number of amides is 1. The van der Waals surface area contributed by atoms with E-state index in [-0.39, 0.29) is 5.91 Å². The highest BCUT2D eigenvalue weighted by Crippen LogP contribution is 2.23. The molecule has 1 aromatic heterocycles. The van der Waals surface area contributed by atoms with Gasteiger partial charge in [0.15, 0.2) is 0 Å². The van der Waals surface area contributed by atoms with E-state index in [0.717, 1.165) is 36.4 Å². The number of benzene rings is 2. The van der Waals surface area contributed by atoms with Gasteiger partial charge >= 0.3 is 0 Å². The van der Waals surface area contributed by atoms with Gasteiger partial charge in [0, 0.05) is 37.6 Å². The van der Waals surface area contributed by atoms with Crippen molar-refractivity contribution in [2.24, 2.45) is 0 Å². The van der Waals surface area contributed by atoms with Crippen LogP contribution in [0.25, 0.3) is 11.3 Å². The Morgan fingerprint density at radius 1 is 1.10 bits per heavy atom. The Balaban J connectivity index is 1.37. The minimum absolute atomic E-state index is 0.118. The number of nitrogens with zero attached hydrogens (tertiary/aromatic N) is 4. The predicted octanol–water partition coefficient (Wildman–Crippen LogP) is 4.24. The van der Waals surface area contributed by atoms with E-state index in [1.807, 2.05) is 54.3 Å². The lowest BCUT2D eigenvalue weighted by molar-refractivity contribution is -0.119. The third kappa shape index (κ3) is 4.36. The van der Waals surface area contributed by atoms with Gasteiger partial charge in [0.2, 0.25) is 5.91 Å². The molecule has 2 aromatic carbocycles. The first-order valence-electron chi connectivity index (χ1n) is 10.4. The minimum atomic E-state index is 0.118. The monoisotopic (exact) mass is 400 g/mol. The van der Waals surface area contributed by atoms with Crippen LogP contribution in [0.4, 0.5) is 5.69 Å². The zero-order valence-electron chi connectivity index (χ0n) is 17.9.